The SMILES string of the molecule is CC(C)(C)C1CCC2(O)C(=N)CCC2C1. The van der Waals surface area contributed by atoms with Crippen LogP contribution in [0.15, 0.2) is 0 Å². The van der Waals surface area contributed by atoms with E-state index >= 15 is 0 Å². The summed E-state index contributed by atoms with van der Waals surface area (Å²) < 4.78 is 0. The minimum absolute atomic E-state index is 0.353. The molecular formula is C13H23NO. The maximum Gasteiger partial charge on any atom is 0.105 e. The second kappa shape index (κ2) is 3.31. The minimum Gasteiger partial charge on any atom is -0.384 e. The standard InChI is InChI=1S/C13H23NO/c1-12(2,3)9-6-7-13(15)10(8-9)4-5-11(13)14/h9-10,14-15H,4-8H2,1-3H3. The van der Waals surface area contributed by atoms with E-state index in [0.29, 0.717) is 23.0 Å². The van der Waals surface area contributed by atoms with Crippen molar-refractivity contribution in [2.24, 2.45) is 17.3 Å². The Morgan fingerprint density at radius 3 is 2.60 bits per heavy atom. The third kappa shape index (κ3) is 1.73. The molecule has 0 aromatic carbocycles. The van der Waals surface area contributed by atoms with Crippen LogP contribution >= 0.6 is 0 Å². The molecule has 0 aliphatic heterocycles. The van der Waals surface area contributed by atoms with Crippen molar-refractivity contribution in [2.75, 3.05) is 0 Å². The lowest BCUT2D eigenvalue weighted by Gasteiger charge is -2.43. The van der Waals surface area contributed by atoms with Gasteiger partial charge in [-0.15, -0.1) is 0 Å². The van der Waals surface area contributed by atoms with Crippen LogP contribution in [0.2, 0.25) is 0 Å². The Bertz CT molecular complexity index is 279. The van der Waals surface area contributed by atoms with Crippen molar-refractivity contribution >= 4 is 5.71 Å². The van der Waals surface area contributed by atoms with Gasteiger partial charge in [0.25, 0.3) is 0 Å². The summed E-state index contributed by atoms with van der Waals surface area (Å²) >= 11 is 0. The van der Waals surface area contributed by atoms with Crippen molar-refractivity contribution in [3.8, 4) is 0 Å². The first-order valence-corrected chi connectivity index (χ1v) is 6.14. The molecule has 0 aromatic rings. The molecule has 2 fully saturated rings. The molecule has 2 nitrogen and oxygen atoms in total. The van der Waals surface area contributed by atoms with Gasteiger partial charge in [-0.05, 0) is 49.4 Å². The van der Waals surface area contributed by atoms with Crippen molar-refractivity contribution in [1.29, 1.82) is 5.41 Å². The van der Waals surface area contributed by atoms with Gasteiger partial charge in [-0.3, -0.25) is 0 Å². The molecular weight excluding hydrogens is 186 g/mol. The van der Waals surface area contributed by atoms with E-state index in [9.17, 15) is 5.11 Å². The van der Waals surface area contributed by atoms with E-state index in [4.69, 9.17) is 5.41 Å². The Hall–Kier alpha value is -0.370. The predicted molar refractivity (Wildman–Crippen MR) is 62.2 cm³/mol. The summed E-state index contributed by atoms with van der Waals surface area (Å²) in [7, 11) is 0. The first-order valence-electron chi connectivity index (χ1n) is 6.14. The quantitative estimate of drug-likeness (QED) is 0.633. The average Bonchev–Trinajstić information content (AvgIpc) is 2.41. The number of nitrogens with one attached hydrogen (secondary N) is 1. The van der Waals surface area contributed by atoms with Gasteiger partial charge in [-0.2, -0.15) is 0 Å². The largest absolute Gasteiger partial charge is 0.384 e. The first-order chi connectivity index (χ1) is 6.84. The molecule has 2 N–H and O–H groups in total. The maximum absolute atomic E-state index is 10.4. The van der Waals surface area contributed by atoms with Crippen molar-refractivity contribution < 1.29 is 5.11 Å². The van der Waals surface area contributed by atoms with Crippen LogP contribution < -0.4 is 0 Å². The van der Waals surface area contributed by atoms with Crippen molar-refractivity contribution in [2.45, 2.75) is 58.5 Å². The highest BCUT2D eigenvalue weighted by Crippen LogP contribution is 2.49. The Morgan fingerprint density at radius 1 is 1.33 bits per heavy atom. The van der Waals surface area contributed by atoms with Crippen molar-refractivity contribution in [3.05, 3.63) is 0 Å². The number of aliphatic hydroxyl groups is 1. The molecule has 2 saturated carbocycles. The zero-order valence-corrected chi connectivity index (χ0v) is 10.1. The summed E-state index contributed by atoms with van der Waals surface area (Å²) in [6.07, 6.45) is 4.86. The van der Waals surface area contributed by atoms with Crippen LogP contribution in [-0.4, -0.2) is 16.4 Å². The molecule has 0 amide bonds. The van der Waals surface area contributed by atoms with Crippen molar-refractivity contribution in [3.63, 3.8) is 0 Å². The fraction of sp³-hybridized carbons (Fsp3) is 0.923. The molecule has 0 aromatic heterocycles. The van der Waals surface area contributed by atoms with Gasteiger partial charge in [0.15, 0.2) is 0 Å². The van der Waals surface area contributed by atoms with E-state index in [0.717, 1.165) is 32.1 Å². The Morgan fingerprint density at radius 2 is 2.00 bits per heavy atom. The molecule has 2 aliphatic rings. The molecule has 0 spiro atoms. The number of hydrogen-bond acceptors (Lipinski definition) is 2. The van der Waals surface area contributed by atoms with Crippen LogP contribution in [0.25, 0.3) is 0 Å². The highest BCUT2D eigenvalue weighted by atomic mass is 16.3. The highest BCUT2D eigenvalue weighted by Gasteiger charge is 2.50. The van der Waals surface area contributed by atoms with E-state index < -0.39 is 5.60 Å². The molecule has 2 heteroatoms. The average molecular weight is 209 g/mol. The Balaban J connectivity index is 2.13. The van der Waals surface area contributed by atoms with E-state index in [1.165, 1.54) is 0 Å². The molecule has 2 aliphatic carbocycles. The van der Waals surface area contributed by atoms with Gasteiger partial charge in [0.05, 0.1) is 0 Å². The number of fused-ring (bicyclic) bond motifs is 1. The van der Waals surface area contributed by atoms with Gasteiger partial charge in [0.2, 0.25) is 0 Å². The lowest BCUT2D eigenvalue weighted by atomic mass is 9.64. The monoisotopic (exact) mass is 209 g/mol. The molecule has 0 radical (unpaired) electrons. The van der Waals surface area contributed by atoms with Crippen LogP contribution in [0.4, 0.5) is 0 Å². The third-order valence-electron chi connectivity index (χ3n) is 4.61. The highest BCUT2D eigenvalue weighted by molar-refractivity contribution is 5.92. The second-order valence-corrected chi connectivity index (χ2v) is 6.48. The van der Waals surface area contributed by atoms with Gasteiger partial charge < -0.3 is 10.5 Å². The van der Waals surface area contributed by atoms with Crippen LogP contribution in [-0.2, 0) is 0 Å². The van der Waals surface area contributed by atoms with Gasteiger partial charge >= 0.3 is 0 Å². The lowest BCUT2D eigenvalue weighted by Crippen LogP contribution is -2.46. The second-order valence-electron chi connectivity index (χ2n) is 6.48. The maximum atomic E-state index is 10.4. The Labute approximate surface area is 92.6 Å². The molecule has 3 atom stereocenters. The van der Waals surface area contributed by atoms with E-state index in [-0.39, 0.29) is 0 Å². The van der Waals surface area contributed by atoms with E-state index in [1.54, 1.807) is 0 Å². The lowest BCUT2D eigenvalue weighted by molar-refractivity contribution is -0.0143. The molecule has 0 heterocycles. The number of rotatable bonds is 0. The summed E-state index contributed by atoms with van der Waals surface area (Å²) in [5.74, 6) is 1.08. The molecule has 0 bridgehead atoms. The smallest absolute Gasteiger partial charge is 0.105 e. The summed E-state index contributed by atoms with van der Waals surface area (Å²) in [6, 6.07) is 0. The summed E-state index contributed by atoms with van der Waals surface area (Å²) in [5.41, 5.74) is 0.230. The van der Waals surface area contributed by atoms with E-state index in [2.05, 4.69) is 20.8 Å². The van der Waals surface area contributed by atoms with Crippen LogP contribution in [0.5, 0.6) is 0 Å². The van der Waals surface area contributed by atoms with Gasteiger partial charge in [-0.25, -0.2) is 0 Å². The molecule has 86 valence electrons. The minimum atomic E-state index is -0.720. The number of hydrogen-bond donors (Lipinski definition) is 2. The van der Waals surface area contributed by atoms with Crippen LogP contribution in [0, 0.1) is 22.7 Å². The zero-order chi connectivity index (χ0) is 11.3. The van der Waals surface area contributed by atoms with Crippen LogP contribution in [0.1, 0.15) is 52.9 Å². The molecule has 2 rings (SSSR count). The van der Waals surface area contributed by atoms with Gasteiger partial charge in [-0.1, -0.05) is 20.8 Å². The third-order valence-corrected chi connectivity index (χ3v) is 4.61. The van der Waals surface area contributed by atoms with Gasteiger partial charge in [0, 0.05) is 5.71 Å². The fourth-order valence-electron chi connectivity index (χ4n) is 3.33. The topological polar surface area (TPSA) is 44.1 Å². The zero-order valence-electron chi connectivity index (χ0n) is 10.1. The summed E-state index contributed by atoms with van der Waals surface area (Å²) in [6.45, 7) is 6.88. The molecule has 15 heavy (non-hydrogen) atoms. The summed E-state index contributed by atoms with van der Waals surface area (Å²) in [5, 5.41) is 18.3. The molecule has 3 unspecified atom stereocenters. The van der Waals surface area contributed by atoms with Crippen molar-refractivity contribution in [1.82, 2.24) is 0 Å². The van der Waals surface area contributed by atoms with Crippen LogP contribution in [0.3, 0.4) is 0 Å². The Kier molecular flexibility index (Phi) is 2.45. The first kappa shape index (κ1) is 11.1. The van der Waals surface area contributed by atoms with E-state index in [1.807, 2.05) is 0 Å². The van der Waals surface area contributed by atoms with Gasteiger partial charge in [0.1, 0.15) is 5.60 Å². The fourth-order valence-corrected chi connectivity index (χ4v) is 3.33. The molecule has 0 saturated heterocycles. The normalized spacial score (nSPS) is 41.7. The summed E-state index contributed by atoms with van der Waals surface area (Å²) in [4.78, 5) is 0. The predicted octanol–water partition coefficient (Wildman–Crippen LogP) is 2.99.